The first-order valence-electron chi connectivity index (χ1n) is 11.5. The minimum absolute atomic E-state index is 0.118. The summed E-state index contributed by atoms with van der Waals surface area (Å²) in [7, 11) is 0. The topological polar surface area (TPSA) is 86.0 Å². The SMILES string of the molecule is OC(Cn1cnnn1)(c1ccc(F)cc1F)C(F)(F)C12CC(c3ccc(OCc4nccs4)cc3)(C1)C2. The van der Waals surface area contributed by atoms with Crippen molar-refractivity contribution in [3.63, 3.8) is 0 Å². The lowest BCUT2D eigenvalue weighted by molar-refractivity contribution is -0.347. The van der Waals surface area contributed by atoms with E-state index in [9.17, 15) is 13.9 Å². The molecular weight excluding hydrogens is 510 g/mol. The van der Waals surface area contributed by atoms with Gasteiger partial charge in [-0.15, -0.1) is 16.4 Å². The van der Waals surface area contributed by atoms with Crippen LogP contribution < -0.4 is 4.74 Å². The van der Waals surface area contributed by atoms with Crippen LogP contribution in [0.15, 0.2) is 60.4 Å². The monoisotopic (exact) mass is 531 g/mol. The van der Waals surface area contributed by atoms with Gasteiger partial charge >= 0.3 is 0 Å². The van der Waals surface area contributed by atoms with Crippen molar-refractivity contribution in [2.24, 2.45) is 5.41 Å². The highest BCUT2D eigenvalue weighted by Gasteiger charge is 2.82. The van der Waals surface area contributed by atoms with Crippen LogP contribution in [0, 0.1) is 17.0 Å². The summed E-state index contributed by atoms with van der Waals surface area (Å²) in [5.41, 5.74) is -4.79. The van der Waals surface area contributed by atoms with Crippen molar-refractivity contribution in [1.29, 1.82) is 0 Å². The van der Waals surface area contributed by atoms with Crippen LogP contribution in [0.4, 0.5) is 17.6 Å². The van der Waals surface area contributed by atoms with Gasteiger partial charge in [-0.2, -0.15) is 0 Å². The number of hydrogen-bond donors (Lipinski definition) is 1. The summed E-state index contributed by atoms with van der Waals surface area (Å²) in [6, 6.07) is 9.52. The number of alkyl halides is 2. The van der Waals surface area contributed by atoms with Crippen molar-refractivity contribution in [3.05, 3.63) is 88.1 Å². The minimum Gasteiger partial charge on any atom is -0.486 e. The first kappa shape index (κ1) is 24.0. The molecule has 0 radical (unpaired) electrons. The van der Waals surface area contributed by atoms with Gasteiger partial charge in [0, 0.05) is 28.6 Å². The highest BCUT2D eigenvalue weighted by Crippen LogP contribution is 2.80. The zero-order valence-electron chi connectivity index (χ0n) is 19.3. The number of halogens is 4. The van der Waals surface area contributed by atoms with Gasteiger partial charge in [-0.25, -0.2) is 27.2 Å². The fourth-order valence-electron chi connectivity index (χ4n) is 5.91. The maximum Gasteiger partial charge on any atom is 0.287 e. The Morgan fingerprint density at radius 3 is 2.46 bits per heavy atom. The normalized spacial score (nSPS) is 24.1. The van der Waals surface area contributed by atoms with Crippen LogP contribution in [0.1, 0.15) is 35.4 Å². The molecule has 0 saturated heterocycles. The molecule has 2 aromatic carbocycles. The summed E-state index contributed by atoms with van der Waals surface area (Å²) in [6.45, 7) is -0.452. The lowest BCUT2D eigenvalue weighted by atomic mass is 9.30. The summed E-state index contributed by atoms with van der Waals surface area (Å²) < 4.78 is 67.5. The Balaban J connectivity index is 1.23. The van der Waals surface area contributed by atoms with Crippen LogP contribution in [0.3, 0.4) is 0 Å². The summed E-state index contributed by atoms with van der Waals surface area (Å²) >= 11 is 1.49. The van der Waals surface area contributed by atoms with E-state index in [4.69, 9.17) is 4.74 Å². The van der Waals surface area contributed by atoms with Crippen LogP contribution >= 0.6 is 11.3 Å². The Morgan fingerprint density at radius 2 is 1.84 bits per heavy atom. The van der Waals surface area contributed by atoms with Crippen LogP contribution in [0.25, 0.3) is 0 Å². The number of ether oxygens (including phenoxy) is 1. The van der Waals surface area contributed by atoms with E-state index in [2.05, 4.69) is 20.5 Å². The smallest absolute Gasteiger partial charge is 0.287 e. The predicted octanol–water partition coefficient (Wildman–Crippen LogP) is 4.63. The number of aromatic nitrogens is 5. The third-order valence-electron chi connectivity index (χ3n) is 7.69. The zero-order chi connectivity index (χ0) is 25.9. The van der Waals surface area contributed by atoms with Crippen molar-refractivity contribution in [3.8, 4) is 5.75 Å². The van der Waals surface area contributed by atoms with E-state index in [1.807, 2.05) is 17.5 Å². The highest BCUT2D eigenvalue weighted by molar-refractivity contribution is 7.09. The van der Waals surface area contributed by atoms with Crippen molar-refractivity contribution in [2.75, 3.05) is 0 Å². The molecule has 7 nitrogen and oxygen atoms in total. The lowest BCUT2D eigenvalue weighted by Gasteiger charge is -2.74. The van der Waals surface area contributed by atoms with E-state index in [1.165, 1.54) is 11.3 Å². The summed E-state index contributed by atoms with van der Waals surface area (Å²) in [6.07, 6.45) is 3.12. The Labute approximate surface area is 212 Å². The molecule has 7 rings (SSSR count). The van der Waals surface area contributed by atoms with Gasteiger partial charge in [0.15, 0.2) is 5.60 Å². The molecule has 0 aliphatic heterocycles. The number of tetrazole rings is 1. The predicted molar refractivity (Wildman–Crippen MR) is 124 cm³/mol. The molecule has 4 aromatic rings. The fourth-order valence-corrected chi connectivity index (χ4v) is 6.43. The Kier molecular flexibility index (Phi) is 5.39. The number of aliphatic hydroxyl groups is 1. The molecule has 1 N–H and O–H groups in total. The molecule has 0 spiro atoms. The van der Waals surface area contributed by atoms with Gasteiger partial charge in [-0.1, -0.05) is 12.1 Å². The number of benzene rings is 2. The summed E-state index contributed by atoms with van der Waals surface area (Å²) in [4.78, 5) is 4.17. The summed E-state index contributed by atoms with van der Waals surface area (Å²) in [5.74, 6) is -5.31. The Morgan fingerprint density at radius 1 is 1.08 bits per heavy atom. The minimum atomic E-state index is -3.76. The van der Waals surface area contributed by atoms with Gasteiger partial charge in [-0.3, -0.25) is 0 Å². The molecule has 2 aromatic heterocycles. The molecule has 3 fully saturated rings. The average Bonchev–Trinajstić information content (AvgIpc) is 3.50. The quantitative estimate of drug-likeness (QED) is 0.317. The van der Waals surface area contributed by atoms with Gasteiger partial charge in [0.2, 0.25) is 0 Å². The number of thiazole rings is 1. The van der Waals surface area contributed by atoms with E-state index in [0.717, 1.165) is 33.7 Å². The lowest BCUT2D eigenvalue weighted by Crippen LogP contribution is -2.76. The fraction of sp³-hybridized carbons (Fsp3) is 0.360. The second-order valence-electron chi connectivity index (χ2n) is 9.90. The van der Waals surface area contributed by atoms with E-state index < -0.39 is 46.1 Å². The van der Waals surface area contributed by atoms with Crippen LogP contribution in [-0.4, -0.2) is 36.2 Å². The maximum absolute atomic E-state index is 16.3. The van der Waals surface area contributed by atoms with Gasteiger partial charge in [0.25, 0.3) is 5.92 Å². The molecule has 3 aliphatic carbocycles. The Bertz CT molecular complexity index is 1400. The van der Waals surface area contributed by atoms with Crippen molar-refractivity contribution in [2.45, 2.75) is 49.4 Å². The van der Waals surface area contributed by atoms with Crippen LogP contribution in [0.5, 0.6) is 5.75 Å². The van der Waals surface area contributed by atoms with E-state index in [1.54, 1.807) is 18.3 Å². The molecule has 12 heteroatoms. The zero-order valence-corrected chi connectivity index (χ0v) is 20.1. The maximum atomic E-state index is 16.3. The van der Waals surface area contributed by atoms with E-state index in [0.29, 0.717) is 18.4 Å². The molecule has 1 atom stereocenters. The third kappa shape index (κ3) is 3.64. The molecule has 3 saturated carbocycles. The van der Waals surface area contributed by atoms with Gasteiger partial charge < -0.3 is 9.84 Å². The van der Waals surface area contributed by atoms with Gasteiger partial charge in [0.05, 0.1) is 6.54 Å². The second kappa shape index (κ2) is 8.32. The van der Waals surface area contributed by atoms with Crippen LogP contribution in [0.2, 0.25) is 0 Å². The molecule has 2 bridgehead atoms. The molecule has 0 amide bonds. The Hall–Kier alpha value is -3.38. The van der Waals surface area contributed by atoms with Gasteiger partial charge in [0.1, 0.15) is 35.3 Å². The molecule has 2 heterocycles. The molecule has 3 aliphatic rings. The molecule has 37 heavy (non-hydrogen) atoms. The highest BCUT2D eigenvalue weighted by atomic mass is 32.1. The largest absolute Gasteiger partial charge is 0.486 e. The first-order valence-corrected chi connectivity index (χ1v) is 12.4. The molecule has 192 valence electrons. The van der Waals surface area contributed by atoms with E-state index >= 15 is 8.78 Å². The third-order valence-corrected chi connectivity index (χ3v) is 8.44. The number of rotatable bonds is 9. The number of hydrogen-bond acceptors (Lipinski definition) is 7. The molecular formula is C25H21F4N5O2S. The standard InChI is InChI=1S/C25H21F4N5O2S/c26-17-3-6-19(20(27)9-17)24(35,14-34-15-31-32-33-34)25(28,29)23-11-22(12-23,13-23)16-1-4-18(5-2-16)36-10-21-30-7-8-37-21/h1-9,15,35H,10-14H2. The van der Waals surface area contributed by atoms with Crippen molar-refractivity contribution >= 4 is 11.3 Å². The molecule has 1 unspecified atom stereocenters. The number of nitrogens with zero attached hydrogens (tertiary/aromatic N) is 5. The van der Waals surface area contributed by atoms with Crippen molar-refractivity contribution < 1.29 is 27.4 Å². The first-order chi connectivity index (χ1) is 17.7. The summed E-state index contributed by atoms with van der Waals surface area (Å²) in [5, 5.41) is 24.6. The van der Waals surface area contributed by atoms with Crippen molar-refractivity contribution in [1.82, 2.24) is 25.2 Å². The van der Waals surface area contributed by atoms with E-state index in [-0.39, 0.29) is 19.3 Å². The second-order valence-corrected chi connectivity index (χ2v) is 10.9. The average molecular weight is 532 g/mol. The van der Waals surface area contributed by atoms with Gasteiger partial charge in [-0.05, 0) is 64.9 Å². The van der Waals surface area contributed by atoms with Crippen LogP contribution in [-0.2, 0) is 24.2 Å².